The number of amides is 2. The zero-order valence-corrected chi connectivity index (χ0v) is 20.2. The first-order valence-corrected chi connectivity index (χ1v) is 11.7. The number of fused-ring (bicyclic) bond motifs is 1. The minimum absolute atomic E-state index is 0.121. The first-order valence-electron chi connectivity index (χ1n) is 11.7. The van der Waals surface area contributed by atoms with Crippen LogP contribution in [0.4, 0.5) is 11.4 Å². The lowest BCUT2D eigenvalue weighted by Gasteiger charge is -2.21. The maximum Gasteiger partial charge on any atom is 0.337 e. The molecule has 3 aromatic rings. The van der Waals surface area contributed by atoms with Crippen LogP contribution in [0.1, 0.15) is 31.8 Å². The summed E-state index contributed by atoms with van der Waals surface area (Å²) in [7, 11) is 1.30. The Hall–Kier alpha value is -4.47. The van der Waals surface area contributed by atoms with Crippen LogP contribution >= 0.6 is 0 Å². The van der Waals surface area contributed by atoms with E-state index in [1.807, 2.05) is 30.3 Å². The lowest BCUT2D eigenvalue weighted by molar-refractivity contribution is -0.110. The Kier molecular flexibility index (Phi) is 7.97. The number of nitrogens with zero attached hydrogens (tertiary/aromatic N) is 1. The van der Waals surface area contributed by atoms with Gasteiger partial charge in [0, 0.05) is 29.9 Å². The summed E-state index contributed by atoms with van der Waals surface area (Å²) in [5, 5.41) is 24.6. The van der Waals surface area contributed by atoms with Gasteiger partial charge in [-0.1, -0.05) is 36.4 Å². The molecule has 9 heteroatoms. The number of carbonyl (C=O) groups is 3. The minimum Gasteiger partial charge on any atom is -0.465 e. The molecule has 1 heterocycles. The summed E-state index contributed by atoms with van der Waals surface area (Å²) in [6.45, 7) is -0.167. The van der Waals surface area contributed by atoms with Crippen LogP contribution in [0.2, 0.25) is 0 Å². The van der Waals surface area contributed by atoms with Gasteiger partial charge in [-0.3, -0.25) is 9.59 Å². The molecular weight excluding hydrogens is 474 g/mol. The SMILES string of the molecule is COC(=O)c1ccc2c(c1)NC(=O)/C2=C(\Nc1ccc(C(=O)N(CCO)CCO)cc1)c1ccccc1. The third-order valence-corrected chi connectivity index (χ3v) is 5.93. The Labute approximate surface area is 214 Å². The van der Waals surface area contributed by atoms with Crippen molar-refractivity contribution in [3.8, 4) is 0 Å². The van der Waals surface area contributed by atoms with Gasteiger partial charge in [-0.2, -0.15) is 0 Å². The molecule has 0 saturated carbocycles. The van der Waals surface area contributed by atoms with Gasteiger partial charge in [0.2, 0.25) is 0 Å². The van der Waals surface area contributed by atoms with Crippen molar-refractivity contribution < 1.29 is 29.3 Å². The van der Waals surface area contributed by atoms with Crippen molar-refractivity contribution in [2.24, 2.45) is 0 Å². The fraction of sp³-hybridized carbons (Fsp3) is 0.179. The molecule has 0 spiro atoms. The molecule has 0 aromatic heterocycles. The molecule has 0 atom stereocenters. The Bertz CT molecular complexity index is 1330. The lowest BCUT2D eigenvalue weighted by Crippen LogP contribution is -2.35. The number of aliphatic hydroxyl groups excluding tert-OH is 2. The molecule has 0 unspecified atom stereocenters. The summed E-state index contributed by atoms with van der Waals surface area (Å²) in [5.41, 5.74) is 4.26. The van der Waals surface area contributed by atoms with E-state index in [0.717, 1.165) is 5.56 Å². The zero-order chi connectivity index (χ0) is 26.4. The number of hydrogen-bond donors (Lipinski definition) is 4. The van der Waals surface area contributed by atoms with Gasteiger partial charge in [-0.25, -0.2) is 4.79 Å². The van der Waals surface area contributed by atoms with E-state index >= 15 is 0 Å². The molecule has 2 amide bonds. The number of nitrogens with one attached hydrogen (secondary N) is 2. The molecule has 1 aliphatic heterocycles. The Morgan fingerprint density at radius 1 is 0.892 bits per heavy atom. The molecule has 190 valence electrons. The first kappa shape index (κ1) is 25.6. The van der Waals surface area contributed by atoms with Gasteiger partial charge in [-0.05, 0) is 42.0 Å². The standard InChI is InChI=1S/C28H27N3O6/c1-37-28(36)20-9-12-22-23(17-20)30-26(34)24(22)25(18-5-3-2-4-6-18)29-21-10-7-19(8-11-21)27(35)31(13-15-32)14-16-33/h2-12,17,29,32-33H,13-16H2,1H3,(H,30,34)/b25-24-. The van der Waals surface area contributed by atoms with Crippen molar-refractivity contribution in [2.45, 2.75) is 0 Å². The van der Waals surface area contributed by atoms with Gasteiger partial charge < -0.3 is 30.5 Å². The highest BCUT2D eigenvalue weighted by molar-refractivity contribution is 6.37. The van der Waals surface area contributed by atoms with Gasteiger partial charge in [-0.15, -0.1) is 0 Å². The third-order valence-electron chi connectivity index (χ3n) is 5.93. The van der Waals surface area contributed by atoms with Gasteiger partial charge in [0.25, 0.3) is 11.8 Å². The topological polar surface area (TPSA) is 128 Å². The van der Waals surface area contributed by atoms with Crippen molar-refractivity contribution >= 4 is 40.4 Å². The second-order valence-corrected chi connectivity index (χ2v) is 8.26. The van der Waals surface area contributed by atoms with Crippen molar-refractivity contribution in [1.82, 2.24) is 4.90 Å². The van der Waals surface area contributed by atoms with Crippen molar-refractivity contribution in [1.29, 1.82) is 0 Å². The molecule has 0 saturated heterocycles. The second kappa shape index (κ2) is 11.5. The smallest absolute Gasteiger partial charge is 0.337 e. The Balaban J connectivity index is 1.71. The molecule has 4 N–H and O–H groups in total. The number of aliphatic hydroxyl groups is 2. The average Bonchev–Trinajstić information content (AvgIpc) is 3.26. The van der Waals surface area contributed by atoms with E-state index in [4.69, 9.17) is 4.74 Å². The minimum atomic E-state index is -0.498. The molecule has 0 bridgehead atoms. The quantitative estimate of drug-likeness (QED) is 0.262. The van der Waals surface area contributed by atoms with Gasteiger partial charge in [0.1, 0.15) is 0 Å². The van der Waals surface area contributed by atoms with E-state index < -0.39 is 5.97 Å². The van der Waals surface area contributed by atoms with Crippen LogP contribution in [0.3, 0.4) is 0 Å². The van der Waals surface area contributed by atoms with Gasteiger partial charge in [0.15, 0.2) is 0 Å². The number of anilines is 2. The highest BCUT2D eigenvalue weighted by atomic mass is 16.5. The van der Waals surface area contributed by atoms with E-state index in [1.54, 1.807) is 42.5 Å². The van der Waals surface area contributed by atoms with Crippen molar-refractivity contribution in [3.05, 3.63) is 95.1 Å². The first-order chi connectivity index (χ1) is 18.0. The fourth-order valence-electron chi connectivity index (χ4n) is 4.13. The summed E-state index contributed by atoms with van der Waals surface area (Å²) >= 11 is 0. The molecule has 4 rings (SSSR count). The number of benzene rings is 3. The molecule has 1 aliphatic rings. The molecule has 3 aromatic carbocycles. The summed E-state index contributed by atoms with van der Waals surface area (Å²) < 4.78 is 4.79. The number of rotatable bonds is 9. The average molecular weight is 502 g/mol. The number of carbonyl (C=O) groups excluding carboxylic acids is 3. The van der Waals surface area contributed by atoms with E-state index in [2.05, 4.69) is 10.6 Å². The molecule has 0 fully saturated rings. The van der Waals surface area contributed by atoms with Crippen LogP contribution in [0.25, 0.3) is 11.3 Å². The van der Waals surface area contributed by atoms with Crippen LogP contribution in [0, 0.1) is 0 Å². The summed E-state index contributed by atoms with van der Waals surface area (Å²) in [6.07, 6.45) is 0. The van der Waals surface area contributed by atoms with Gasteiger partial charge in [0.05, 0.1) is 42.8 Å². The predicted molar refractivity (Wildman–Crippen MR) is 140 cm³/mol. The van der Waals surface area contributed by atoms with Crippen LogP contribution in [-0.4, -0.2) is 66.3 Å². The normalized spacial score (nSPS) is 13.4. The van der Waals surface area contributed by atoms with Crippen LogP contribution in [-0.2, 0) is 9.53 Å². The summed E-state index contributed by atoms with van der Waals surface area (Å²) in [6, 6.07) is 21.0. The lowest BCUT2D eigenvalue weighted by atomic mass is 9.99. The Morgan fingerprint density at radius 2 is 1.54 bits per heavy atom. The van der Waals surface area contributed by atoms with E-state index in [0.29, 0.717) is 39.3 Å². The van der Waals surface area contributed by atoms with Crippen molar-refractivity contribution in [3.63, 3.8) is 0 Å². The monoisotopic (exact) mass is 501 g/mol. The maximum atomic E-state index is 13.1. The number of methoxy groups -OCH3 is 1. The van der Waals surface area contributed by atoms with E-state index in [9.17, 15) is 24.6 Å². The number of ether oxygens (including phenoxy) is 1. The van der Waals surface area contributed by atoms with Crippen LogP contribution in [0.5, 0.6) is 0 Å². The highest BCUT2D eigenvalue weighted by Gasteiger charge is 2.29. The van der Waals surface area contributed by atoms with Crippen LogP contribution in [0.15, 0.2) is 72.8 Å². The summed E-state index contributed by atoms with van der Waals surface area (Å²) in [4.78, 5) is 39.2. The highest BCUT2D eigenvalue weighted by Crippen LogP contribution is 2.38. The van der Waals surface area contributed by atoms with E-state index in [1.165, 1.54) is 12.0 Å². The fourth-order valence-corrected chi connectivity index (χ4v) is 4.13. The molecular formula is C28H27N3O6. The largest absolute Gasteiger partial charge is 0.465 e. The van der Waals surface area contributed by atoms with Crippen molar-refractivity contribution in [2.75, 3.05) is 44.0 Å². The number of esters is 1. The zero-order valence-electron chi connectivity index (χ0n) is 20.2. The third kappa shape index (κ3) is 5.53. The maximum absolute atomic E-state index is 13.1. The Morgan fingerprint density at radius 3 is 2.16 bits per heavy atom. The van der Waals surface area contributed by atoms with Gasteiger partial charge >= 0.3 is 5.97 Å². The molecule has 0 radical (unpaired) electrons. The molecule has 37 heavy (non-hydrogen) atoms. The summed E-state index contributed by atoms with van der Waals surface area (Å²) in [5.74, 6) is -1.12. The number of hydrogen-bond acceptors (Lipinski definition) is 7. The van der Waals surface area contributed by atoms with Crippen LogP contribution < -0.4 is 10.6 Å². The second-order valence-electron chi connectivity index (χ2n) is 8.26. The van der Waals surface area contributed by atoms with E-state index in [-0.39, 0.29) is 38.1 Å². The predicted octanol–water partition coefficient (Wildman–Crippen LogP) is 2.83. The molecule has 9 nitrogen and oxygen atoms in total. The molecule has 0 aliphatic carbocycles.